The normalized spacial score (nSPS) is 12.5. The smallest absolute Gasteiger partial charge is 0.280 e. The van der Waals surface area contributed by atoms with Gasteiger partial charge in [-0.3, -0.25) is 25.0 Å². The molecule has 0 unspecified atom stereocenters. The van der Waals surface area contributed by atoms with Crippen molar-refractivity contribution in [3.63, 3.8) is 0 Å². The first-order chi connectivity index (χ1) is 10.6. The number of aromatic nitrogens is 2. The number of nitrogens with zero attached hydrogens (tertiary/aromatic N) is 3. The Kier molecular flexibility index (Phi) is 4.22. The third-order valence-corrected chi connectivity index (χ3v) is 3.26. The number of non-ortho nitro benzene ring substituents is 1. The van der Waals surface area contributed by atoms with E-state index in [4.69, 9.17) is 0 Å². The van der Waals surface area contributed by atoms with E-state index in [1.54, 1.807) is 6.92 Å². The van der Waals surface area contributed by atoms with Gasteiger partial charge in [0.15, 0.2) is 0 Å². The molecule has 2 aromatic rings. The van der Waals surface area contributed by atoms with E-state index in [9.17, 15) is 14.9 Å². The van der Waals surface area contributed by atoms with Crippen molar-refractivity contribution in [1.29, 1.82) is 0 Å². The summed E-state index contributed by atoms with van der Waals surface area (Å²) in [6.07, 6.45) is 0. The molecule has 0 spiro atoms. The van der Waals surface area contributed by atoms with E-state index >= 15 is 0 Å². The number of hydrogen-bond donors (Lipinski definition) is 1. The molecule has 1 aromatic heterocycles. The number of benzene rings is 1. The summed E-state index contributed by atoms with van der Waals surface area (Å²) in [5.41, 5.74) is 1.92. The number of aryl methyl sites for hydroxylation is 1. The lowest BCUT2D eigenvalue weighted by molar-refractivity contribution is -0.384. The SMILES string of the molecule is CC(=NC(C)(C)C)c1c(C)[nH]n(-c2ccc([N+](=O)[O-])cc2)c1=O. The number of rotatable bonds is 3. The maximum Gasteiger partial charge on any atom is 0.280 e. The Morgan fingerprint density at radius 2 is 1.83 bits per heavy atom. The van der Waals surface area contributed by atoms with Crippen LogP contribution in [0.4, 0.5) is 5.69 Å². The van der Waals surface area contributed by atoms with Crippen LogP contribution in [0.25, 0.3) is 5.69 Å². The fraction of sp³-hybridized carbons (Fsp3) is 0.375. The molecule has 0 amide bonds. The highest BCUT2D eigenvalue weighted by molar-refractivity contribution is 5.99. The van der Waals surface area contributed by atoms with Crippen LogP contribution >= 0.6 is 0 Å². The van der Waals surface area contributed by atoms with Crippen LogP contribution in [0.1, 0.15) is 39.0 Å². The zero-order chi connectivity index (χ0) is 17.4. The molecule has 2 rings (SSSR count). The summed E-state index contributed by atoms with van der Waals surface area (Å²) in [6, 6.07) is 5.81. The largest absolute Gasteiger partial charge is 0.295 e. The molecule has 1 heterocycles. The zero-order valence-corrected chi connectivity index (χ0v) is 13.9. The van der Waals surface area contributed by atoms with E-state index in [0.717, 1.165) is 0 Å². The predicted octanol–water partition coefficient (Wildman–Crippen LogP) is 2.99. The number of nitrogens with one attached hydrogen (secondary N) is 1. The minimum absolute atomic E-state index is 0.0178. The summed E-state index contributed by atoms with van der Waals surface area (Å²) in [5, 5.41) is 13.7. The number of aromatic amines is 1. The van der Waals surface area contributed by atoms with Gasteiger partial charge in [-0.15, -0.1) is 0 Å². The summed E-state index contributed by atoms with van der Waals surface area (Å²) in [7, 11) is 0. The second-order valence-electron chi connectivity index (χ2n) is 6.39. The third-order valence-electron chi connectivity index (χ3n) is 3.26. The topological polar surface area (TPSA) is 93.3 Å². The van der Waals surface area contributed by atoms with Gasteiger partial charge >= 0.3 is 0 Å². The molecule has 7 nitrogen and oxygen atoms in total. The van der Waals surface area contributed by atoms with Crippen molar-refractivity contribution in [3.05, 3.63) is 56.0 Å². The fourth-order valence-electron chi connectivity index (χ4n) is 2.44. The van der Waals surface area contributed by atoms with Crippen LogP contribution < -0.4 is 5.56 Å². The third kappa shape index (κ3) is 3.56. The number of aliphatic imine (C=N–C) groups is 1. The van der Waals surface area contributed by atoms with E-state index < -0.39 is 4.92 Å². The summed E-state index contributed by atoms with van der Waals surface area (Å²) in [6.45, 7) is 9.51. The first-order valence-corrected chi connectivity index (χ1v) is 7.23. The molecule has 0 aliphatic carbocycles. The molecule has 122 valence electrons. The van der Waals surface area contributed by atoms with Crippen LogP contribution in [0.3, 0.4) is 0 Å². The lowest BCUT2D eigenvalue weighted by Crippen LogP contribution is -2.22. The molecule has 0 atom stereocenters. The first kappa shape index (κ1) is 16.7. The maximum atomic E-state index is 12.7. The van der Waals surface area contributed by atoms with E-state index in [0.29, 0.717) is 22.7 Å². The van der Waals surface area contributed by atoms with Gasteiger partial charge in [-0.25, -0.2) is 4.68 Å². The Labute approximate surface area is 133 Å². The van der Waals surface area contributed by atoms with Gasteiger partial charge in [0.05, 0.1) is 21.7 Å². The van der Waals surface area contributed by atoms with Gasteiger partial charge in [-0.1, -0.05) is 0 Å². The van der Waals surface area contributed by atoms with Crippen molar-refractivity contribution >= 4 is 11.4 Å². The molecule has 0 radical (unpaired) electrons. The minimum atomic E-state index is -0.474. The highest BCUT2D eigenvalue weighted by Gasteiger charge is 2.17. The molecule has 23 heavy (non-hydrogen) atoms. The highest BCUT2D eigenvalue weighted by Crippen LogP contribution is 2.15. The zero-order valence-electron chi connectivity index (χ0n) is 13.9. The van der Waals surface area contributed by atoms with E-state index in [1.807, 2.05) is 27.7 Å². The van der Waals surface area contributed by atoms with Gasteiger partial charge < -0.3 is 0 Å². The average molecular weight is 316 g/mol. The van der Waals surface area contributed by atoms with Gasteiger partial charge in [-0.05, 0) is 46.8 Å². The Hall–Kier alpha value is -2.70. The van der Waals surface area contributed by atoms with Crippen LogP contribution in [0.15, 0.2) is 34.1 Å². The van der Waals surface area contributed by atoms with Crippen LogP contribution in [0.2, 0.25) is 0 Å². The van der Waals surface area contributed by atoms with E-state index in [2.05, 4.69) is 10.1 Å². The molecule has 1 aromatic carbocycles. The lowest BCUT2D eigenvalue weighted by Gasteiger charge is -2.13. The van der Waals surface area contributed by atoms with Crippen LogP contribution in [0.5, 0.6) is 0 Å². The molecule has 7 heteroatoms. The van der Waals surface area contributed by atoms with Crippen molar-refractivity contribution in [1.82, 2.24) is 9.78 Å². The van der Waals surface area contributed by atoms with Crippen LogP contribution in [-0.4, -0.2) is 26.0 Å². The number of H-pyrrole nitrogens is 1. The standard InChI is InChI=1S/C16H20N4O3/c1-10(17-16(3,4)5)14-11(2)18-19(15(14)21)12-6-8-13(9-7-12)20(22)23/h6-9,18H,1-5H3. The maximum absolute atomic E-state index is 12.7. The number of nitro benzene ring substituents is 1. The number of hydrogen-bond acceptors (Lipinski definition) is 4. The molecule has 0 aliphatic heterocycles. The second-order valence-corrected chi connectivity index (χ2v) is 6.39. The molecule has 0 fully saturated rings. The van der Waals surface area contributed by atoms with Gasteiger partial charge in [0.25, 0.3) is 11.2 Å². The van der Waals surface area contributed by atoms with Crippen LogP contribution in [-0.2, 0) is 0 Å². The Bertz CT molecular complexity index is 820. The first-order valence-electron chi connectivity index (χ1n) is 7.23. The van der Waals surface area contributed by atoms with Gasteiger partial charge in [0.1, 0.15) is 0 Å². The molecular weight excluding hydrogens is 296 g/mol. The van der Waals surface area contributed by atoms with Crippen molar-refractivity contribution < 1.29 is 4.92 Å². The molecular formula is C16H20N4O3. The quantitative estimate of drug-likeness (QED) is 0.536. The van der Waals surface area contributed by atoms with Gasteiger partial charge in [0, 0.05) is 23.5 Å². The van der Waals surface area contributed by atoms with Crippen molar-refractivity contribution in [2.45, 2.75) is 40.2 Å². The average Bonchev–Trinajstić information content (AvgIpc) is 2.72. The van der Waals surface area contributed by atoms with Crippen LogP contribution in [0, 0.1) is 17.0 Å². The molecule has 0 saturated heterocycles. The summed E-state index contributed by atoms with van der Waals surface area (Å²) in [4.78, 5) is 27.4. The summed E-state index contributed by atoms with van der Waals surface area (Å²) >= 11 is 0. The van der Waals surface area contributed by atoms with E-state index in [1.165, 1.54) is 28.9 Å². The second kappa shape index (κ2) is 5.83. The van der Waals surface area contributed by atoms with Gasteiger partial charge in [0.2, 0.25) is 0 Å². The van der Waals surface area contributed by atoms with Crippen molar-refractivity contribution in [3.8, 4) is 5.69 Å². The Morgan fingerprint density at radius 3 is 2.30 bits per heavy atom. The lowest BCUT2D eigenvalue weighted by atomic mass is 10.1. The molecule has 0 aliphatic rings. The molecule has 1 N–H and O–H groups in total. The van der Waals surface area contributed by atoms with Gasteiger partial charge in [-0.2, -0.15) is 0 Å². The van der Waals surface area contributed by atoms with Crippen molar-refractivity contribution in [2.75, 3.05) is 0 Å². The predicted molar refractivity (Wildman–Crippen MR) is 89.7 cm³/mol. The molecule has 0 saturated carbocycles. The fourth-order valence-corrected chi connectivity index (χ4v) is 2.44. The highest BCUT2D eigenvalue weighted by atomic mass is 16.6. The Morgan fingerprint density at radius 1 is 1.26 bits per heavy atom. The summed E-state index contributed by atoms with van der Waals surface area (Å²) < 4.78 is 1.37. The molecule has 0 bridgehead atoms. The van der Waals surface area contributed by atoms with E-state index in [-0.39, 0.29) is 16.8 Å². The monoisotopic (exact) mass is 316 g/mol. The minimum Gasteiger partial charge on any atom is -0.295 e. The summed E-state index contributed by atoms with van der Waals surface area (Å²) in [5.74, 6) is 0. The Balaban J connectivity index is 2.52. The number of nitro groups is 1. The van der Waals surface area contributed by atoms with Crippen molar-refractivity contribution in [2.24, 2.45) is 4.99 Å².